The zero-order valence-electron chi connectivity index (χ0n) is 22.3. The molecule has 11 heteroatoms. The van der Waals surface area contributed by atoms with Crippen LogP contribution in [0.15, 0.2) is 46.7 Å². The molecule has 2 aromatic carbocycles. The van der Waals surface area contributed by atoms with Crippen molar-refractivity contribution in [2.75, 3.05) is 45.0 Å². The molecule has 4 rings (SSSR count). The molecule has 1 fully saturated rings. The first-order valence-corrected chi connectivity index (χ1v) is 14.8. The molecule has 0 aliphatic carbocycles. The van der Waals surface area contributed by atoms with Gasteiger partial charge < -0.3 is 20.1 Å². The molecule has 0 bridgehead atoms. The normalized spacial score (nSPS) is 14.9. The minimum Gasteiger partial charge on any atom is -0.495 e. The van der Waals surface area contributed by atoms with Crippen LogP contribution in [0.4, 0.5) is 10.8 Å². The third-order valence-electron chi connectivity index (χ3n) is 6.77. The summed E-state index contributed by atoms with van der Waals surface area (Å²) in [6.07, 6.45) is 0.827. The summed E-state index contributed by atoms with van der Waals surface area (Å²) in [6, 6.07) is 10.8. The zero-order chi connectivity index (χ0) is 27.4. The molecule has 2 heterocycles. The molecule has 0 atom stereocenters. The van der Waals surface area contributed by atoms with Gasteiger partial charge in [-0.05, 0) is 54.7 Å². The van der Waals surface area contributed by atoms with E-state index in [4.69, 9.17) is 9.47 Å². The van der Waals surface area contributed by atoms with E-state index in [9.17, 15) is 13.2 Å². The number of methoxy groups -OCH3 is 2. The second-order valence-electron chi connectivity index (χ2n) is 9.44. The summed E-state index contributed by atoms with van der Waals surface area (Å²) in [5, 5.41) is 8.77. The fourth-order valence-corrected chi connectivity index (χ4v) is 6.81. The molecule has 1 aliphatic heterocycles. The Labute approximate surface area is 228 Å². The summed E-state index contributed by atoms with van der Waals surface area (Å²) in [7, 11) is 1.07. The fraction of sp³-hybridized carbons (Fsp3) is 0.407. The number of nitrogens with one attached hydrogen (secondary N) is 2. The second kappa shape index (κ2) is 11.7. The van der Waals surface area contributed by atoms with E-state index < -0.39 is 10.0 Å². The number of aromatic nitrogens is 1. The standard InChI is InChI=1S/C27H34N4O5S2/c1-17(2)19-6-9-24(36-5)25(15-19)38(33,34)31-12-10-18(11-13-31)26(32)29-21-14-20(7-8-23(21)35-4)22-16-37-27(28-3)30-22/h6-9,14-18H,10-13H2,1-5H3,(H,28,30)(H,29,32). The van der Waals surface area contributed by atoms with Gasteiger partial charge >= 0.3 is 0 Å². The quantitative estimate of drug-likeness (QED) is 0.379. The highest BCUT2D eigenvalue weighted by Gasteiger charge is 2.34. The van der Waals surface area contributed by atoms with Gasteiger partial charge in [-0.25, -0.2) is 13.4 Å². The Morgan fingerprint density at radius 1 is 1.08 bits per heavy atom. The number of nitrogens with zero attached hydrogens (tertiary/aromatic N) is 2. The van der Waals surface area contributed by atoms with Crippen molar-refractivity contribution in [2.45, 2.75) is 37.5 Å². The molecule has 204 valence electrons. The van der Waals surface area contributed by atoms with Gasteiger partial charge in [0.1, 0.15) is 16.4 Å². The van der Waals surface area contributed by atoms with E-state index in [2.05, 4.69) is 15.6 Å². The lowest BCUT2D eigenvalue weighted by molar-refractivity contribution is -0.120. The molecule has 2 N–H and O–H groups in total. The molecular formula is C27H34N4O5S2. The van der Waals surface area contributed by atoms with Crippen molar-refractivity contribution in [1.29, 1.82) is 0 Å². The maximum Gasteiger partial charge on any atom is 0.246 e. The van der Waals surface area contributed by atoms with Crippen LogP contribution in [0.5, 0.6) is 11.5 Å². The van der Waals surface area contributed by atoms with Crippen LogP contribution < -0.4 is 20.1 Å². The molecule has 9 nitrogen and oxygen atoms in total. The summed E-state index contributed by atoms with van der Waals surface area (Å²) in [6.45, 7) is 4.53. The summed E-state index contributed by atoms with van der Waals surface area (Å²) in [4.78, 5) is 17.9. The van der Waals surface area contributed by atoms with Crippen LogP contribution in [0, 0.1) is 5.92 Å². The van der Waals surface area contributed by atoms with E-state index in [1.165, 1.54) is 22.8 Å². The third kappa shape index (κ3) is 5.79. The van der Waals surface area contributed by atoms with Gasteiger partial charge in [-0.1, -0.05) is 19.9 Å². The van der Waals surface area contributed by atoms with Crippen LogP contribution >= 0.6 is 11.3 Å². The number of piperidine rings is 1. The molecule has 0 saturated carbocycles. The number of rotatable bonds is 9. The van der Waals surface area contributed by atoms with Crippen LogP contribution in [0.2, 0.25) is 0 Å². The van der Waals surface area contributed by atoms with Gasteiger partial charge in [-0.2, -0.15) is 4.31 Å². The summed E-state index contributed by atoms with van der Waals surface area (Å²) in [5.41, 5.74) is 3.14. The molecule has 1 amide bonds. The van der Waals surface area contributed by atoms with Crippen LogP contribution in [0.3, 0.4) is 0 Å². The van der Waals surface area contributed by atoms with Gasteiger partial charge in [0.25, 0.3) is 0 Å². The molecular weight excluding hydrogens is 524 g/mol. The smallest absolute Gasteiger partial charge is 0.246 e. The predicted octanol–water partition coefficient (Wildman–Crippen LogP) is 5.03. The number of hydrogen-bond donors (Lipinski definition) is 2. The molecule has 0 unspecified atom stereocenters. The van der Waals surface area contributed by atoms with Gasteiger partial charge in [0.15, 0.2) is 5.13 Å². The van der Waals surface area contributed by atoms with Crippen molar-refractivity contribution in [1.82, 2.24) is 9.29 Å². The lowest BCUT2D eigenvalue weighted by Crippen LogP contribution is -2.41. The monoisotopic (exact) mass is 558 g/mol. The lowest BCUT2D eigenvalue weighted by Gasteiger charge is -2.31. The number of anilines is 2. The van der Waals surface area contributed by atoms with E-state index in [-0.39, 0.29) is 35.7 Å². The SMILES string of the molecule is CNc1nc(-c2ccc(OC)c(NC(=O)C3CCN(S(=O)(=O)c4cc(C(C)C)ccc4OC)CC3)c2)cs1. The van der Waals surface area contributed by atoms with Gasteiger partial charge in [-0.3, -0.25) is 4.79 Å². The first kappa shape index (κ1) is 27.9. The molecule has 3 aromatic rings. The second-order valence-corrected chi connectivity index (χ2v) is 12.2. The Bertz CT molecular complexity index is 1400. The van der Waals surface area contributed by atoms with E-state index in [1.54, 1.807) is 25.3 Å². The number of hydrogen-bond acceptors (Lipinski definition) is 8. The first-order valence-electron chi connectivity index (χ1n) is 12.5. The highest BCUT2D eigenvalue weighted by Crippen LogP contribution is 2.35. The Balaban J connectivity index is 1.47. The fourth-order valence-electron chi connectivity index (χ4n) is 4.47. The number of carbonyl (C=O) groups is 1. The molecule has 0 spiro atoms. The van der Waals surface area contributed by atoms with Crippen molar-refractivity contribution >= 4 is 38.1 Å². The largest absolute Gasteiger partial charge is 0.495 e. The average Bonchev–Trinajstić information content (AvgIpc) is 3.42. The van der Waals surface area contributed by atoms with E-state index in [1.807, 2.05) is 44.5 Å². The maximum absolute atomic E-state index is 13.5. The minimum atomic E-state index is -3.77. The number of sulfonamides is 1. The first-order chi connectivity index (χ1) is 18.2. The van der Waals surface area contributed by atoms with E-state index in [0.717, 1.165) is 22.0 Å². The predicted molar refractivity (Wildman–Crippen MR) is 151 cm³/mol. The number of ether oxygens (including phenoxy) is 2. The summed E-state index contributed by atoms with van der Waals surface area (Å²) >= 11 is 1.50. The number of carbonyl (C=O) groups excluding carboxylic acids is 1. The van der Waals surface area contributed by atoms with Gasteiger partial charge in [0, 0.05) is 37.0 Å². The van der Waals surface area contributed by atoms with E-state index in [0.29, 0.717) is 30.0 Å². The highest BCUT2D eigenvalue weighted by molar-refractivity contribution is 7.89. The average molecular weight is 559 g/mol. The highest BCUT2D eigenvalue weighted by atomic mass is 32.2. The summed E-state index contributed by atoms with van der Waals surface area (Å²) in [5.74, 6) is 0.562. The number of thiazole rings is 1. The van der Waals surface area contributed by atoms with Crippen molar-refractivity contribution in [3.05, 3.63) is 47.3 Å². The molecule has 1 aliphatic rings. The van der Waals surface area contributed by atoms with Crippen molar-refractivity contribution < 1.29 is 22.7 Å². The van der Waals surface area contributed by atoms with Gasteiger partial charge in [-0.15, -0.1) is 11.3 Å². The molecule has 1 saturated heterocycles. The van der Waals surface area contributed by atoms with Crippen molar-refractivity contribution in [3.8, 4) is 22.8 Å². The lowest BCUT2D eigenvalue weighted by atomic mass is 9.97. The van der Waals surface area contributed by atoms with Gasteiger partial charge in [0.2, 0.25) is 15.9 Å². The van der Waals surface area contributed by atoms with Crippen LogP contribution in [0.1, 0.15) is 38.2 Å². The minimum absolute atomic E-state index is 0.161. The third-order valence-corrected chi connectivity index (χ3v) is 9.55. The Morgan fingerprint density at radius 2 is 1.76 bits per heavy atom. The Morgan fingerprint density at radius 3 is 2.37 bits per heavy atom. The van der Waals surface area contributed by atoms with Crippen LogP contribution in [-0.2, 0) is 14.8 Å². The van der Waals surface area contributed by atoms with Crippen LogP contribution in [-0.4, -0.2) is 58.0 Å². The summed E-state index contributed by atoms with van der Waals surface area (Å²) < 4.78 is 39.3. The topological polar surface area (TPSA) is 110 Å². The van der Waals surface area contributed by atoms with Crippen molar-refractivity contribution in [3.63, 3.8) is 0 Å². The van der Waals surface area contributed by atoms with Crippen LogP contribution in [0.25, 0.3) is 11.3 Å². The number of benzene rings is 2. The number of amides is 1. The van der Waals surface area contributed by atoms with Gasteiger partial charge in [0.05, 0.1) is 25.6 Å². The molecule has 38 heavy (non-hydrogen) atoms. The van der Waals surface area contributed by atoms with E-state index >= 15 is 0 Å². The molecule has 0 radical (unpaired) electrons. The maximum atomic E-state index is 13.5. The van der Waals surface area contributed by atoms with Crippen molar-refractivity contribution in [2.24, 2.45) is 5.92 Å². The Hall–Kier alpha value is -3.15. The Kier molecular flexibility index (Phi) is 8.59. The molecule has 1 aromatic heterocycles. The zero-order valence-corrected chi connectivity index (χ0v) is 23.9.